The van der Waals surface area contributed by atoms with Crippen LogP contribution in [0, 0.1) is 5.82 Å². The predicted molar refractivity (Wildman–Crippen MR) is 63.1 cm³/mol. The third kappa shape index (κ3) is 2.67. The summed E-state index contributed by atoms with van der Waals surface area (Å²) >= 11 is 5.68. The van der Waals surface area contributed by atoms with Crippen molar-refractivity contribution in [3.8, 4) is 0 Å². The molecule has 1 aromatic carbocycles. The molecule has 0 fully saturated rings. The maximum absolute atomic E-state index is 13.2. The predicted octanol–water partition coefficient (Wildman–Crippen LogP) is 3.56. The number of aromatic nitrogens is 2. The van der Waals surface area contributed by atoms with Crippen LogP contribution < -0.4 is 0 Å². The Morgan fingerprint density at radius 3 is 2.65 bits per heavy atom. The molecule has 0 aliphatic heterocycles. The molecule has 0 unspecified atom stereocenters. The minimum atomic E-state index is -4.74. The largest absolute Gasteiger partial charge is 0.433 e. The summed E-state index contributed by atoms with van der Waals surface area (Å²) in [5, 5.41) is 3.23. The van der Waals surface area contributed by atoms with E-state index >= 15 is 0 Å². The number of carbonyl (C=O) groups is 1. The van der Waals surface area contributed by atoms with Gasteiger partial charge in [0, 0.05) is 0 Å². The molecule has 1 heterocycles. The van der Waals surface area contributed by atoms with Crippen molar-refractivity contribution in [2.24, 2.45) is 0 Å². The van der Waals surface area contributed by atoms with Crippen LogP contribution in [0.4, 0.5) is 17.6 Å². The van der Waals surface area contributed by atoms with E-state index in [0.29, 0.717) is 4.68 Å². The van der Waals surface area contributed by atoms with Crippen molar-refractivity contribution >= 4 is 17.9 Å². The fourth-order valence-electron chi connectivity index (χ4n) is 1.75. The molecule has 2 aromatic rings. The summed E-state index contributed by atoms with van der Waals surface area (Å²) in [7, 11) is 0. The van der Waals surface area contributed by atoms with E-state index in [4.69, 9.17) is 11.6 Å². The van der Waals surface area contributed by atoms with Gasteiger partial charge in [-0.15, -0.1) is 0 Å². The van der Waals surface area contributed by atoms with Crippen molar-refractivity contribution in [3.05, 3.63) is 52.1 Å². The maximum atomic E-state index is 13.2. The summed E-state index contributed by atoms with van der Waals surface area (Å²) in [5.41, 5.74) is -1.63. The Hall–Kier alpha value is -1.89. The van der Waals surface area contributed by atoms with E-state index in [-0.39, 0.29) is 23.4 Å². The van der Waals surface area contributed by atoms with Gasteiger partial charge in [-0.2, -0.15) is 18.3 Å². The zero-order valence-electron chi connectivity index (χ0n) is 9.79. The number of alkyl halides is 3. The molecule has 0 saturated heterocycles. The van der Waals surface area contributed by atoms with E-state index < -0.39 is 23.3 Å². The molecule has 0 amide bonds. The van der Waals surface area contributed by atoms with Crippen LogP contribution in [-0.2, 0) is 12.7 Å². The molecule has 0 radical (unpaired) electrons. The number of halogens is 5. The highest BCUT2D eigenvalue weighted by molar-refractivity contribution is 6.31. The number of carbonyl (C=O) groups excluding carboxylic acids is 1. The molecule has 0 aliphatic carbocycles. The van der Waals surface area contributed by atoms with E-state index in [1.165, 1.54) is 12.1 Å². The molecule has 0 saturated carbocycles. The highest BCUT2D eigenvalue weighted by Gasteiger charge is 2.38. The van der Waals surface area contributed by atoms with Gasteiger partial charge in [-0.05, 0) is 11.6 Å². The van der Waals surface area contributed by atoms with Gasteiger partial charge < -0.3 is 0 Å². The average Bonchev–Trinajstić information content (AvgIpc) is 2.78. The first-order valence-electron chi connectivity index (χ1n) is 5.35. The molecule has 0 aliphatic rings. The van der Waals surface area contributed by atoms with Gasteiger partial charge in [0.2, 0.25) is 0 Å². The standard InChI is InChI=1S/C12H7ClF4N2O/c13-10-7(2-1-3-9(10)14)5-19-11(12(15,16)17)8(6-20)4-18-19/h1-4,6H,5H2. The van der Waals surface area contributed by atoms with Crippen molar-refractivity contribution in [1.82, 2.24) is 9.78 Å². The van der Waals surface area contributed by atoms with Gasteiger partial charge in [-0.25, -0.2) is 4.39 Å². The van der Waals surface area contributed by atoms with Gasteiger partial charge in [-0.3, -0.25) is 9.48 Å². The number of aldehydes is 1. The lowest BCUT2D eigenvalue weighted by molar-refractivity contribution is -0.144. The second-order valence-electron chi connectivity index (χ2n) is 3.93. The van der Waals surface area contributed by atoms with Crippen LogP contribution in [0.3, 0.4) is 0 Å². The smallest absolute Gasteiger partial charge is 0.298 e. The first kappa shape index (κ1) is 14.5. The van der Waals surface area contributed by atoms with Crippen LogP contribution in [0.1, 0.15) is 21.6 Å². The number of hydrogen-bond acceptors (Lipinski definition) is 2. The Morgan fingerprint density at radius 2 is 2.05 bits per heavy atom. The topological polar surface area (TPSA) is 34.9 Å². The summed E-state index contributed by atoms with van der Waals surface area (Å²) in [6, 6.07) is 3.80. The summed E-state index contributed by atoms with van der Waals surface area (Å²) in [5.74, 6) is -0.736. The molecule has 0 spiro atoms. The maximum Gasteiger partial charge on any atom is 0.433 e. The molecule has 8 heteroatoms. The van der Waals surface area contributed by atoms with Gasteiger partial charge in [0.25, 0.3) is 0 Å². The van der Waals surface area contributed by atoms with Crippen LogP contribution in [0.5, 0.6) is 0 Å². The molecule has 20 heavy (non-hydrogen) atoms. The Kier molecular flexibility index (Phi) is 3.80. The van der Waals surface area contributed by atoms with E-state index in [2.05, 4.69) is 5.10 Å². The van der Waals surface area contributed by atoms with Gasteiger partial charge >= 0.3 is 6.18 Å². The van der Waals surface area contributed by atoms with E-state index in [1.807, 2.05) is 0 Å². The minimum Gasteiger partial charge on any atom is -0.298 e. The quantitative estimate of drug-likeness (QED) is 0.642. The van der Waals surface area contributed by atoms with Crippen molar-refractivity contribution in [2.45, 2.75) is 12.7 Å². The van der Waals surface area contributed by atoms with Crippen molar-refractivity contribution in [1.29, 1.82) is 0 Å². The second-order valence-corrected chi connectivity index (χ2v) is 4.31. The van der Waals surface area contributed by atoms with Crippen LogP contribution in [0.25, 0.3) is 0 Å². The Morgan fingerprint density at radius 1 is 1.35 bits per heavy atom. The Balaban J connectivity index is 2.47. The zero-order chi connectivity index (χ0) is 14.9. The third-order valence-electron chi connectivity index (χ3n) is 2.61. The molecular weight excluding hydrogens is 300 g/mol. The lowest BCUT2D eigenvalue weighted by Crippen LogP contribution is -2.17. The monoisotopic (exact) mass is 306 g/mol. The highest BCUT2D eigenvalue weighted by atomic mass is 35.5. The summed E-state index contributed by atoms with van der Waals surface area (Å²) in [6.07, 6.45) is -3.87. The molecule has 1 aromatic heterocycles. The minimum absolute atomic E-state index is 0.0690. The van der Waals surface area contributed by atoms with E-state index in [9.17, 15) is 22.4 Å². The zero-order valence-corrected chi connectivity index (χ0v) is 10.5. The Bertz CT molecular complexity index is 651. The van der Waals surface area contributed by atoms with Crippen molar-refractivity contribution in [3.63, 3.8) is 0 Å². The highest BCUT2D eigenvalue weighted by Crippen LogP contribution is 2.32. The fourth-order valence-corrected chi connectivity index (χ4v) is 1.93. The van der Waals surface area contributed by atoms with Crippen molar-refractivity contribution < 1.29 is 22.4 Å². The van der Waals surface area contributed by atoms with Gasteiger partial charge in [-0.1, -0.05) is 23.7 Å². The SMILES string of the molecule is O=Cc1cnn(Cc2cccc(F)c2Cl)c1C(F)(F)F. The number of hydrogen-bond donors (Lipinski definition) is 0. The first-order chi connectivity index (χ1) is 9.34. The number of benzene rings is 1. The molecule has 0 atom stereocenters. The fraction of sp³-hybridized carbons (Fsp3) is 0.167. The summed E-state index contributed by atoms with van der Waals surface area (Å²) in [4.78, 5) is 10.6. The van der Waals surface area contributed by atoms with Crippen LogP contribution in [0.15, 0.2) is 24.4 Å². The Labute approximate surface area is 115 Å². The van der Waals surface area contributed by atoms with Crippen LogP contribution in [0.2, 0.25) is 5.02 Å². The third-order valence-corrected chi connectivity index (χ3v) is 3.04. The molecule has 0 N–H and O–H groups in total. The van der Waals surface area contributed by atoms with E-state index in [0.717, 1.165) is 12.3 Å². The second kappa shape index (κ2) is 5.24. The number of rotatable bonds is 3. The molecule has 3 nitrogen and oxygen atoms in total. The van der Waals surface area contributed by atoms with Gasteiger partial charge in [0.05, 0.1) is 23.3 Å². The molecule has 106 valence electrons. The van der Waals surface area contributed by atoms with E-state index in [1.54, 1.807) is 0 Å². The summed E-state index contributed by atoms with van der Waals surface area (Å²) in [6.45, 7) is -0.390. The van der Waals surface area contributed by atoms with Crippen LogP contribution >= 0.6 is 11.6 Å². The average molecular weight is 307 g/mol. The van der Waals surface area contributed by atoms with Gasteiger partial charge in [0.1, 0.15) is 5.82 Å². The van der Waals surface area contributed by atoms with Crippen molar-refractivity contribution in [2.75, 3.05) is 0 Å². The van der Waals surface area contributed by atoms with Crippen LogP contribution in [-0.4, -0.2) is 16.1 Å². The van der Waals surface area contributed by atoms with Gasteiger partial charge in [0.15, 0.2) is 12.0 Å². The lowest BCUT2D eigenvalue weighted by Gasteiger charge is -2.12. The normalized spacial score (nSPS) is 11.7. The molecule has 2 rings (SSSR count). The number of nitrogens with zero attached hydrogens (tertiary/aromatic N) is 2. The summed E-state index contributed by atoms with van der Waals surface area (Å²) < 4.78 is 52.5. The molecule has 0 bridgehead atoms. The lowest BCUT2D eigenvalue weighted by atomic mass is 10.2. The molecular formula is C12H7ClF4N2O. The first-order valence-corrected chi connectivity index (χ1v) is 5.73.